The van der Waals surface area contributed by atoms with Crippen LogP contribution in [0.3, 0.4) is 0 Å². The molecule has 0 fully saturated rings. The molecule has 0 saturated heterocycles. The van der Waals surface area contributed by atoms with E-state index in [-0.39, 0.29) is 10.8 Å². The molecule has 0 bridgehead atoms. The fraction of sp³-hybridized carbons (Fsp3) is 0.750. The molecule has 0 saturated carbocycles. The molecule has 20 heavy (non-hydrogen) atoms. The highest BCUT2D eigenvalue weighted by molar-refractivity contribution is 6.30. The lowest BCUT2D eigenvalue weighted by atomic mass is 9.82. The highest BCUT2D eigenvalue weighted by atomic mass is 35.5. The first kappa shape index (κ1) is 17.2. The Hall–Kier alpha value is -0.830. The van der Waals surface area contributed by atoms with E-state index in [0.29, 0.717) is 11.1 Å². The van der Waals surface area contributed by atoms with E-state index in [9.17, 15) is 0 Å². The summed E-state index contributed by atoms with van der Waals surface area (Å²) in [7, 11) is 0. The van der Waals surface area contributed by atoms with Crippen LogP contribution in [0, 0.1) is 18.3 Å². The van der Waals surface area contributed by atoms with Crippen molar-refractivity contribution >= 4 is 17.4 Å². The zero-order chi connectivity index (χ0) is 15.7. The number of nitrogens with one attached hydrogen (secondary N) is 1. The van der Waals surface area contributed by atoms with Crippen molar-refractivity contribution in [1.82, 2.24) is 9.97 Å². The van der Waals surface area contributed by atoms with Gasteiger partial charge in [-0.1, -0.05) is 60.1 Å². The van der Waals surface area contributed by atoms with Gasteiger partial charge in [0.15, 0.2) is 0 Å². The van der Waals surface area contributed by atoms with Gasteiger partial charge in [-0.2, -0.15) is 0 Å². The molecule has 1 aromatic heterocycles. The predicted octanol–water partition coefficient (Wildman–Crippen LogP) is 4.83. The van der Waals surface area contributed by atoms with Crippen LogP contribution in [-0.2, 0) is 5.41 Å². The summed E-state index contributed by atoms with van der Waals surface area (Å²) in [6, 6.07) is 0. The van der Waals surface area contributed by atoms with E-state index in [1.807, 2.05) is 6.92 Å². The normalized spacial score (nSPS) is 14.2. The van der Waals surface area contributed by atoms with Crippen LogP contribution in [0.1, 0.15) is 59.9 Å². The first-order valence-corrected chi connectivity index (χ1v) is 7.59. The number of halogens is 1. The molecule has 1 N–H and O–H groups in total. The quantitative estimate of drug-likeness (QED) is 0.812. The van der Waals surface area contributed by atoms with Crippen LogP contribution in [-0.4, -0.2) is 16.5 Å². The molecule has 0 aromatic carbocycles. The lowest BCUT2D eigenvalue weighted by Gasteiger charge is -2.28. The predicted molar refractivity (Wildman–Crippen MR) is 87.6 cm³/mol. The van der Waals surface area contributed by atoms with E-state index in [4.69, 9.17) is 11.6 Å². The standard InChI is InChI=1S/C16H28ClN3/c1-10(15(3,4)5)9-18-13-11(2)12(17)19-14(20-13)16(6,7)8/h10H,9H2,1-8H3,(H,18,19,20). The number of aromatic nitrogens is 2. The lowest BCUT2D eigenvalue weighted by molar-refractivity contribution is 0.274. The Balaban J connectivity index is 2.98. The van der Waals surface area contributed by atoms with Crippen molar-refractivity contribution in [1.29, 1.82) is 0 Å². The highest BCUT2D eigenvalue weighted by Gasteiger charge is 2.23. The van der Waals surface area contributed by atoms with Gasteiger partial charge in [-0.05, 0) is 18.3 Å². The smallest absolute Gasteiger partial charge is 0.137 e. The summed E-state index contributed by atoms with van der Waals surface area (Å²) < 4.78 is 0. The molecule has 114 valence electrons. The van der Waals surface area contributed by atoms with Gasteiger partial charge in [0.05, 0.1) is 0 Å². The molecule has 0 aliphatic rings. The van der Waals surface area contributed by atoms with Gasteiger partial charge in [0, 0.05) is 17.5 Å². The number of hydrogen-bond acceptors (Lipinski definition) is 3. The van der Waals surface area contributed by atoms with Crippen molar-refractivity contribution < 1.29 is 0 Å². The van der Waals surface area contributed by atoms with Crippen LogP contribution in [0.5, 0.6) is 0 Å². The summed E-state index contributed by atoms with van der Waals surface area (Å²) in [5, 5.41) is 3.97. The fourth-order valence-electron chi connectivity index (χ4n) is 1.55. The Kier molecular flexibility index (Phi) is 5.07. The summed E-state index contributed by atoms with van der Waals surface area (Å²) in [6.45, 7) is 18.1. The average molecular weight is 298 g/mol. The van der Waals surface area contributed by atoms with E-state index in [1.165, 1.54) is 0 Å². The van der Waals surface area contributed by atoms with E-state index >= 15 is 0 Å². The van der Waals surface area contributed by atoms with Crippen LogP contribution in [0.25, 0.3) is 0 Å². The van der Waals surface area contributed by atoms with Crippen LogP contribution in [0.2, 0.25) is 5.15 Å². The molecule has 1 aromatic rings. The van der Waals surface area contributed by atoms with Gasteiger partial charge in [-0.3, -0.25) is 0 Å². The van der Waals surface area contributed by atoms with Gasteiger partial charge < -0.3 is 5.32 Å². The minimum Gasteiger partial charge on any atom is -0.369 e. The second-order valence-electron chi connectivity index (χ2n) is 7.71. The van der Waals surface area contributed by atoms with Crippen molar-refractivity contribution in [3.8, 4) is 0 Å². The van der Waals surface area contributed by atoms with Gasteiger partial charge in [0.1, 0.15) is 16.8 Å². The molecule has 0 aliphatic carbocycles. The molecule has 3 nitrogen and oxygen atoms in total. The van der Waals surface area contributed by atoms with Gasteiger partial charge in [0.2, 0.25) is 0 Å². The van der Waals surface area contributed by atoms with Gasteiger partial charge in [-0.15, -0.1) is 0 Å². The SMILES string of the molecule is Cc1c(Cl)nc(C(C)(C)C)nc1NCC(C)C(C)(C)C. The van der Waals surface area contributed by atoms with Crippen molar-refractivity contribution in [3.05, 3.63) is 16.5 Å². The molecule has 1 unspecified atom stereocenters. The maximum Gasteiger partial charge on any atom is 0.137 e. The van der Waals surface area contributed by atoms with Crippen LogP contribution >= 0.6 is 11.6 Å². The topological polar surface area (TPSA) is 37.8 Å². The van der Waals surface area contributed by atoms with Crippen LogP contribution in [0.4, 0.5) is 5.82 Å². The molecule has 1 atom stereocenters. The molecule has 0 amide bonds. The third kappa shape index (κ3) is 4.34. The molecule has 1 heterocycles. The first-order valence-electron chi connectivity index (χ1n) is 7.21. The first-order chi connectivity index (χ1) is 8.93. The summed E-state index contributed by atoms with van der Waals surface area (Å²) in [6.07, 6.45) is 0. The molecular formula is C16H28ClN3. The lowest BCUT2D eigenvalue weighted by Crippen LogP contribution is -2.26. The van der Waals surface area contributed by atoms with E-state index < -0.39 is 0 Å². The molecule has 4 heteroatoms. The zero-order valence-electron chi connectivity index (χ0n) is 14.1. The van der Waals surface area contributed by atoms with Crippen LogP contribution in [0.15, 0.2) is 0 Å². The van der Waals surface area contributed by atoms with Crippen LogP contribution < -0.4 is 5.32 Å². The second kappa shape index (κ2) is 5.88. The summed E-state index contributed by atoms with van der Waals surface area (Å²) in [5.74, 6) is 2.17. The summed E-state index contributed by atoms with van der Waals surface area (Å²) in [4.78, 5) is 9.05. The van der Waals surface area contributed by atoms with E-state index in [2.05, 4.69) is 63.8 Å². The Morgan fingerprint density at radius 3 is 2.10 bits per heavy atom. The maximum absolute atomic E-state index is 6.24. The monoisotopic (exact) mass is 297 g/mol. The Bertz CT molecular complexity index is 470. The number of rotatable bonds is 3. The van der Waals surface area contributed by atoms with E-state index in [1.54, 1.807) is 0 Å². The minimum atomic E-state index is -0.108. The Morgan fingerprint density at radius 2 is 1.65 bits per heavy atom. The van der Waals surface area contributed by atoms with Gasteiger partial charge in [-0.25, -0.2) is 9.97 Å². The highest BCUT2D eigenvalue weighted by Crippen LogP contribution is 2.28. The third-order valence-electron chi connectivity index (χ3n) is 3.81. The van der Waals surface area contributed by atoms with Crippen molar-refractivity contribution in [2.24, 2.45) is 11.3 Å². The molecule has 0 spiro atoms. The molecule has 0 radical (unpaired) electrons. The Labute approximate surface area is 128 Å². The number of anilines is 1. The van der Waals surface area contributed by atoms with Gasteiger partial charge in [0.25, 0.3) is 0 Å². The van der Waals surface area contributed by atoms with Crippen molar-refractivity contribution in [2.45, 2.75) is 60.8 Å². The molecular weight excluding hydrogens is 270 g/mol. The number of nitrogens with zero attached hydrogens (tertiary/aromatic N) is 2. The van der Waals surface area contributed by atoms with Gasteiger partial charge >= 0.3 is 0 Å². The molecule has 0 aliphatic heterocycles. The zero-order valence-corrected chi connectivity index (χ0v) is 14.8. The van der Waals surface area contributed by atoms with Crippen molar-refractivity contribution in [2.75, 3.05) is 11.9 Å². The number of hydrogen-bond donors (Lipinski definition) is 1. The third-order valence-corrected chi connectivity index (χ3v) is 4.18. The van der Waals surface area contributed by atoms with E-state index in [0.717, 1.165) is 23.8 Å². The minimum absolute atomic E-state index is 0.108. The van der Waals surface area contributed by atoms with Crippen molar-refractivity contribution in [3.63, 3.8) is 0 Å². The fourth-order valence-corrected chi connectivity index (χ4v) is 1.72. The molecule has 1 rings (SSSR count). The largest absolute Gasteiger partial charge is 0.369 e. The average Bonchev–Trinajstić information content (AvgIpc) is 2.27. The summed E-state index contributed by atoms with van der Waals surface area (Å²) in [5.41, 5.74) is 1.08. The summed E-state index contributed by atoms with van der Waals surface area (Å²) >= 11 is 6.24. The second-order valence-corrected chi connectivity index (χ2v) is 8.07. The maximum atomic E-state index is 6.24. The Morgan fingerprint density at radius 1 is 1.10 bits per heavy atom.